The lowest BCUT2D eigenvalue weighted by Crippen LogP contribution is -2.31. The molecule has 0 aromatic heterocycles. The molecule has 1 unspecified atom stereocenters. The van der Waals surface area contributed by atoms with Crippen molar-refractivity contribution in [2.45, 2.75) is 12.5 Å². The van der Waals surface area contributed by atoms with Gasteiger partial charge in [0.15, 0.2) is 17.3 Å². The summed E-state index contributed by atoms with van der Waals surface area (Å²) in [7, 11) is 1.58. The maximum atomic E-state index is 12.1. The van der Waals surface area contributed by atoms with Gasteiger partial charge in [0.2, 0.25) is 0 Å². The third-order valence-electron chi connectivity index (χ3n) is 2.80. The van der Waals surface area contributed by atoms with Gasteiger partial charge in [0.1, 0.15) is 13.2 Å². The van der Waals surface area contributed by atoms with E-state index in [0.717, 1.165) is 0 Å². The number of ether oxygens (including phenoxy) is 3. The van der Waals surface area contributed by atoms with Gasteiger partial charge in [-0.25, -0.2) is 0 Å². The van der Waals surface area contributed by atoms with Gasteiger partial charge in [-0.1, -0.05) is 0 Å². The van der Waals surface area contributed by atoms with Gasteiger partial charge in [-0.2, -0.15) is 0 Å². The quantitative estimate of drug-likeness (QED) is 0.791. The number of hydrogen-bond acceptors (Lipinski definition) is 5. The highest BCUT2D eigenvalue weighted by Crippen LogP contribution is 2.31. The largest absolute Gasteiger partial charge is 0.486 e. The third-order valence-corrected chi connectivity index (χ3v) is 2.80. The van der Waals surface area contributed by atoms with Crippen molar-refractivity contribution < 1.29 is 19.0 Å². The molecule has 1 heterocycles. The average Bonchev–Trinajstić information content (AvgIpc) is 2.43. The summed E-state index contributed by atoms with van der Waals surface area (Å²) in [5, 5.41) is 0. The van der Waals surface area contributed by atoms with Crippen LogP contribution in [0.5, 0.6) is 11.5 Å². The van der Waals surface area contributed by atoms with E-state index >= 15 is 0 Å². The molecule has 18 heavy (non-hydrogen) atoms. The molecule has 0 saturated carbocycles. The van der Waals surface area contributed by atoms with Crippen LogP contribution in [0.2, 0.25) is 0 Å². The molecule has 0 spiro atoms. The zero-order valence-electron chi connectivity index (χ0n) is 10.3. The summed E-state index contributed by atoms with van der Waals surface area (Å²) in [6.07, 6.45) is 0.504. The lowest BCUT2D eigenvalue weighted by atomic mass is 10.0. The van der Waals surface area contributed by atoms with E-state index in [1.807, 2.05) is 0 Å². The van der Waals surface area contributed by atoms with Crippen LogP contribution in [0.1, 0.15) is 16.8 Å². The van der Waals surface area contributed by atoms with Gasteiger partial charge in [-0.05, 0) is 24.6 Å². The van der Waals surface area contributed by atoms with Gasteiger partial charge >= 0.3 is 0 Å². The van der Waals surface area contributed by atoms with Crippen LogP contribution < -0.4 is 15.2 Å². The Kier molecular flexibility index (Phi) is 4.17. The average molecular weight is 251 g/mol. The van der Waals surface area contributed by atoms with Crippen molar-refractivity contribution in [2.75, 3.05) is 26.9 Å². The summed E-state index contributed by atoms with van der Waals surface area (Å²) in [4.78, 5) is 12.1. The van der Waals surface area contributed by atoms with E-state index in [2.05, 4.69) is 0 Å². The number of hydrogen-bond donors (Lipinski definition) is 1. The van der Waals surface area contributed by atoms with E-state index in [1.165, 1.54) is 0 Å². The zero-order valence-corrected chi connectivity index (χ0v) is 10.3. The van der Waals surface area contributed by atoms with Crippen LogP contribution in [-0.4, -0.2) is 38.8 Å². The van der Waals surface area contributed by atoms with E-state index in [0.29, 0.717) is 43.3 Å². The van der Waals surface area contributed by atoms with Crippen molar-refractivity contribution in [1.82, 2.24) is 0 Å². The fourth-order valence-electron chi connectivity index (χ4n) is 1.79. The second-order valence-electron chi connectivity index (χ2n) is 4.11. The van der Waals surface area contributed by atoms with Gasteiger partial charge in [0, 0.05) is 19.3 Å². The van der Waals surface area contributed by atoms with Gasteiger partial charge < -0.3 is 19.9 Å². The summed E-state index contributed by atoms with van der Waals surface area (Å²) >= 11 is 0. The van der Waals surface area contributed by atoms with Crippen LogP contribution in [0.25, 0.3) is 0 Å². The molecule has 1 atom stereocenters. The van der Waals surface area contributed by atoms with Gasteiger partial charge in [-0.3, -0.25) is 4.79 Å². The number of nitrogens with two attached hydrogens (primary N) is 1. The zero-order chi connectivity index (χ0) is 13.0. The molecule has 5 heteroatoms. The van der Waals surface area contributed by atoms with Crippen molar-refractivity contribution in [3.05, 3.63) is 23.8 Å². The Morgan fingerprint density at radius 2 is 2.11 bits per heavy atom. The molecule has 0 aliphatic carbocycles. The summed E-state index contributed by atoms with van der Waals surface area (Å²) in [5.74, 6) is 1.17. The minimum Gasteiger partial charge on any atom is -0.486 e. The third kappa shape index (κ3) is 2.80. The first kappa shape index (κ1) is 12.9. The Bertz CT molecular complexity index is 433. The molecular formula is C13H17NO4. The molecule has 1 aromatic carbocycles. The lowest BCUT2D eigenvalue weighted by Gasteiger charge is -2.19. The van der Waals surface area contributed by atoms with Crippen LogP contribution in [0.15, 0.2) is 18.2 Å². The molecule has 0 radical (unpaired) electrons. The van der Waals surface area contributed by atoms with Crippen molar-refractivity contribution in [2.24, 2.45) is 5.73 Å². The highest BCUT2D eigenvalue weighted by molar-refractivity contribution is 6.00. The number of ketones is 1. The van der Waals surface area contributed by atoms with Crippen LogP contribution in [0.4, 0.5) is 0 Å². The predicted octanol–water partition coefficient (Wildman–Crippen LogP) is 1.00. The highest BCUT2D eigenvalue weighted by Gasteiger charge is 2.19. The molecule has 0 saturated heterocycles. The molecule has 0 amide bonds. The maximum Gasteiger partial charge on any atom is 0.179 e. The fraction of sp³-hybridized carbons (Fsp3) is 0.462. The topological polar surface area (TPSA) is 70.8 Å². The smallest absolute Gasteiger partial charge is 0.179 e. The van der Waals surface area contributed by atoms with Crippen molar-refractivity contribution >= 4 is 5.78 Å². The normalized spacial score (nSPS) is 15.2. The number of carbonyl (C=O) groups is 1. The first-order valence-electron chi connectivity index (χ1n) is 5.90. The number of benzene rings is 1. The van der Waals surface area contributed by atoms with Crippen LogP contribution in [0.3, 0.4) is 0 Å². The van der Waals surface area contributed by atoms with Crippen LogP contribution >= 0.6 is 0 Å². The summed E-state index contributed by atoms with van der Waals surface area (Å²) in [5.41, 5.74) is 6.35. The van der Waals surface area contributed by atoms with Crippen molar-refractivity contribution in [1.29, 1.82) is 0 Å². The fourth-order valence-corrected chi connectivity index (χ4v) is 1.79. The molecule has 1 aliphatic heterocycles. The number of Topliss-reactive ketones (excluding diaryl/α,β-unsaturated/α-hetero) is 1. The van der Waals surface area contributed by atoms with E-state index in [1.54, 1.807) is 25.3 Å². The number of carbonyl (C=O) groups excluding carboxylic acids is 1. The van der Waals surface area contributed by atoms with E-state index < -0.39 is 6.04 Å². The monoisotopic (exact) mass is 251 g/mol. The van der Waals surface area contributed by atoms with E-state index in [4.69, 9.17) is 19.9 Å². The number of rotatable bonds is 5. The minimum absolute atomic E-state index is 0.107. The Labute approximate surface area is 106 Å². The Hall–Kier alpha value is -1.59. The molecule has 2 N–H and O–H groups in total. The molecule has 5 nitrogen and oxygen atoms in total. The first-order chi connectivity index (χ1) is 8.72. The van der Waals surface area contributed by atoms with Gasteiger partial charge in [0.25, 0.3) is 0 Å². The molecule has 1 aromatic rings. The Morgan fingerprint density at radius 1 is 1.39 bits per heavy atom. The molecule has 1 aliphatic rings. The number of fused-ring (bicyclic) bond motifs is 1. The standard InChI is InChI=1S/C13H17NO4/c1-16-5-4-10(14)13(15)9-2-3-11-12(8-9)18-7-6-17-11/h2-3,8,10H,4-7,14H2,1H3. The predicted molar refractivity (Wildman–Crippen MR) is 66.2 cm³/mol. The van der Waals surface area contributed by atoms with Gasteiger partial charge in [-0.15, -0.1) is 0 Å². The van der Waals surface area contributed by atoms with E-state index in [9.17, 15) is 4.79 Å². The summed E-state index contributed by atoms with van der Waals surface area (Å²) in [6.45, 7) is 1.51. The van der Waals surface area contributed by atoms with E-state index in [-0.39, 0.29) is 5.78 Å². The number of methoxy groups -OCH3 is 1. The first-order valence-corrected chi connectivity index (χ1v) is 5.90. The Balaban J connectivity index is 2.10. The highest BCUT2D eigenvalue weighted by atomic mass is 16.6. The summed E-state index contributed by atoms with van der Waals surface area (Å²) in [6, 6.07) is 4.59. The second kappa shape index (κ2) is 5.84. The SMILES string of the molecule is COCCC(N)C(=O)c1ccc2c(c1)OCCO2. The molecule has 2 rings (SSSR count). The molecule has 0 bridgehead atoms. The maximum absolute atomic E-state index is 12.1. The minimum atomic E-state index is -0.549. The molecular weight excluding hydrogens is 234 g/mol. The summed E-state index contributed by atoms with van der Waals surface area (Å²) < 4.78 is 15.7. The Morgan fingerprint density at radius 3 is 2.83 bits per heavy atom. The van der Waals surface area contributed by atoms with Crippen molar-refractivity contribution in [3.8, 4) is 11.5 Å². The van der Waals surface area contributed by atoms with Crippen LogP contribution in [-0.2, 0) is 4.74 Å². The lowest BCUT2D eigenvalue weighted by molar-refractivity contribution is 0.0934. The second-order valence-corrected chi connectivity index (χ2v) is 4.11. The molecule has 98 valence electrons. The van der Waals surface area contributed by atoms with Gasteiger partial charge in [0.05, 0.1) is 6.04 Å². The van der Waals surface area contributed by atoms with Crippen LogP contribution in [0, 0.1) is 0 Å². The van der Waals surface area contributed by atoms with Crippen molar-refractivity contribution in [3.63, 3.8) is 0 Å². The molecule has 0 fully saturated rings.